The molecule has 0 amide bonds. The van der Waals surface area contributed by atoms with Crippen molar-refractivity contribution >= 4 is 0 Å². The Morgan fingerprint density at radius 2 is 1.92 bits per heavy atom. The SMILES string of the molecule is COC1CCCCCC(NN)C1N. The minimum Gasteiger partial charge on any atom is -0.380 e. The van der Waals surface area contributed by atoms with Crippen LogP contribution in [0.15, 0.2) is 0 Å². The monoisotopic (exact) mass is 187 g/mol. The zero-order chi connectivity index (χ0) is 9.68. The van der Waals surface area contributed by atoms with Gasteiger partial charge < -0.3 is 10.5 Å². The molecule has 13 heavy (non-hydrogen) atoms. The molecule has 0 bridgehead atoms. The molecular weight excluding hydrogens is 166 g/mol. The van der Waals surface area contributed by atoms with Gasteiger partial charge in [0.05, 0.1) is 6.10 Å². The molecule has 3 atom stereocenters. The van der Waals surface area contributed by atoms with Crippen molar-refractivity contribution in [2.75, 3.05) is 7.11 Å². The van der Waals surface area contributed by atoms with Crippen molar-refractivity contribution in [3.8, 4) is 0 Å². The van der Waals surface area contributed by atoms with Gasteiger partial charge in [0.2, 0.25) is 0 Å². The normalized spacial score (nSPS) is 36.7. The Balaban J connectivity index is 2.52. The molecule has 1 aliphatic rings. The van der Waals surface area contributed by atoms with Gasteiger partial charge in [-0.1, -0.05) is 19.3 Å². The van der Waals surface area contributed by atoms with Crippen molar-refractivity contribution in [2.45, 2.75) is 50.3 Å². The van der Waals surface area contributed by atoms with Crippen LogP contribution in [0.3, 0.4) is 0 Å². The van der Waals surface area contributed by atoms with Crippen molar-refractivity contribution < 1.29 is 4.74 Å². The number of methoxy groups -OCH3 is 1. The van der Waals surface area contributed by atoms with Gasteiger partial charge in [0.15, 0.2) is 0 Å². The van der Waals surface area contributed by atoms with Crippen LogP contribution >= 0.6 is 0 Å². The van der Waals surface area contributed by atoms with E-state index in [1.807, 2.05) is 0 Å². The molecule has 0 aromatic heterocycles. The van der Waals surface area contributed by atoms with Crippen LogP contribution in [0.2, 0.25) is 0 Å². The molecular formula is C9H21N3O. The van der Waals surface area contributed by atoms with Gasteiger partial charge in [-0.2, -0.15) is 0 Å². The minimum atomic E-state index is 0.0234. The van der Waals surface area contributed by atoms with Crippen LogP contribution in [0, 0.1) is 0 Å². The van der Waals surface area contributed by atoms with Gasteiger partial charge in [-0.3, -0.25) is 11.3 Å². The van der Waals surface area contributed by atoms with Crippen LogP contribution in [0.1, 0.15) is 32.1 Å². The van der Waals surface area contributed by atoms with E-state index in [0.717, 1.165) is 12.8 Å². The number of nitrogens with one attached hydrogen (secondary N) is 1. The predicted octanol–water partition coefficient (Wildman–Crippen LogP) is 0.125. The molecule has 0 aliphatic heterocycles. The molecule has 5 N–H and O–H groups in total. The fraction of sp³-hybridized carbons (Fsp3) is 1.00. The third kappa shape index (κ3) is 2.91. The first-order valence-electron chi connectivity index (χ1n) is 5.04. The van der Waals surface area contributed by atoms with Crippen LogP contribution in [-0.2, 0) is 4.74 Å². The molecule has 78 valence electrons. The van der Waals surface area contributed by atoms with Gasteiger partial charge >= 0.3 is 0 Å². The third-order valence-corrected chi connectivity index (χ3v) is 2.91. The summed E-state index contributed by atoms with van der Waals surface area (Å²) in [6.45, 7) is 0. The van der Waals surface area contributed by atoms with Gasteiger partial charge in [0.25, 0.3) is 0 Å². The summed E-state index contributed by atoms with van der Waals surface area (Å²) in [6.07, 6.45) is 5.93. The highest BCUT2D eigenvalue weighted by Gasteiger charge is 2.26. The number of hydrogen-bond donors (Lipinski definition) is 3. The fourth-order valence-electron chi connectivity index (χ4n) is 2.00. The van der Waals surface area contributed by atoms with Crippen LogP contribution in [0.4, 0.5) is 0 Å². The Labute approximate surface area is 80.0 Å². The van der Waals surface area contributed by atoms with Gasteiger partial charge in [-0.05, 0) is 12.8 Å². The first-order chi connectivity index (χ1) is 6.29. The van der Waals surface area contributed by atoms with E-state index in [-0.39, 0.29) is 18.2 Å². The lowest BCUT2D eigenvalue weighted by molar-refractivity contribution is 0.0531. The molecule has 3 unspecified atom stereocenters. The van der Waals surface area contributed by atoms with E-state index in [1.54, 1.807) is 7.11 Å². The number of rotatable bonds is 2. The first kappa shape index (κ1) is 10.9. The zero-order valence-corrected chi connectivity index (χ0v) is 8.33. The molecule has 4 heteroatoms. The molecule has 0 saturated heterocycles. The molecule has 0 heterocycles. The lowest BCUT2D eigenvalue weighted by Crippen LogP contribution is -2.54. The van der Waals surface area contributed by atoms with E-state index in [2.05, 4.69) is 5.43 Å². The first-order valence-corrected chi connectivity index (χ1v) is 5.04. The van der Waals surface area contributed by atoms with Gasteiger partial charge in [-0.15, -0.1) is 0 Å². The largest absolute Gasteiger partial charge is 0.380 e. The summed E-state index contributed by atoms with van der Waals surface area (Å²) in [4.78, 5) is 0. The van der Waals surface area contributed by atoms with E-state index in [0.29, 0.717) is 0 Å². The summed E-state index contributed by atoms with van der Waals surface area (Å²) in [6, 6.07) is 0.223. The molecule has 1 saturated carbocycles. The van der Waals surface area contributed by atoms with E-state index in [1.165, 1.54) is 19.3 Å². The van der Waals surface area contributed by atoms with Crippen molar-refractivity contribution in [1.29, 1.82) is 0 Å². The Bertz CT molecular complexity index is 129. The topological polar surface area (TPSA) is 73.3 Å². The van der Waals surface area contributed by atoms with Crippen molar-refractivity contribution in [3.05, 3.63) is 0 Å². The van der Waals surface area contributed by atoms with Crippen LogP contribution in [-0.4, -0.2) is 25.3 Å². The summed E-state index contributed by atoms with van der Waals surface area (Å²) < 4.78 is 5.35. The quantitative estimate of drug-likeness (QED) is 0.424. The Morgan fingerprint density at radius 1 is 1.23 bits per heavy atom. The smallest absolute Gasteiger partial charge is 0.0737 e. The van der Waals surface area contributed by atoms with Gasteiger partial charge in [0, 0.05) is 19.2 Å². The molecule has 0 aromatic carbocycles. The summed E-state index contributed by atoms with van der Waals surface area (Å²) in [5, 5.41) is 0. The van der Waals surface area contributed by atoms with Crippen LogP contribution < -0.4 is 17.0 Å². The molecule has 0 spiro atoms. The Kier molecular flexibility index (Phi) is 4.66. The second-order valence-electron chi connectivity index (χ2n) is 3.76. The van der Waals surface area contributed by atoms with E-state index in [9.17, 15) is 0 Å². The highest BCUT2D eigenvalue weighted by atomic mass is 16.5. The lowest BCUT2D eigenvalue weighted by Gasteiger charge is -2.31. The van der Waals surface area contributed by atoms with Gasteiger partial charge in [0.1, 0.15) is 0 Å². The minimum absolute atomic E-state index is 0.0234. The maximum absolute atomic E-state index is 6.05. The maximum Gasteiger partial charge on any atom is 0.0737 e. The average Bonchev–Trinajstić information content (AvgIpc) is 2.13. The van der Waals surface area contributed by atoms with Crippen molar-refractivity contribution in [1.82, 2.24) is 5.43 Å². The Morgan fingerprint density at radius 3 is 2.54 bits per heavy atom. The van der Waals surface area contributed by atoms with E-state index < -0.39 is 0 Å². The second kappa shape index (κ2) is 5.54. The molecule has 1 rings (SSSR count). The van der Waals surface area contributed by atoms with E-state index in [4.69, 9.17) is 16.3 Å². The molecule has 0 radical (unpaired) electrons. The number of nitrogens with two attached hydrogens (primary N) is 2. The lowest BCUT2D eigenvalue weighted by atomic mass is 9.91. The number of ether oxygens (including phenoxy) is 1. The maximum atomic E-state index is 6.05. The highest BCUT2D eigenvalue weighted by Crippen LogP contribution is 2.18. The summed E-state index contributed by atoms with van der Waals surface area (Å²) >= 11 is 0. The molecule has 1 aliphatic carbocycles. The van der Waals surface area contributed by atoms with E-state index >= 15 is 0 Å². The standard InChI is InChI=1S/C9H21N3O/c1-13-8-6-4-2-3-5-7(12-11)9(8)10/h7-9,12H,2-6,10-11H2,1H3. The second-order valence-corrected chi connectivity index (χ2v) is 3.76. The molecule has 1 fully saturated rings. The summed E-state index contributed by atoms with van der Waals surface area (Å²) in [7, 11) is 1.72. The number of hydrogen-bond acceptors (Lipinski definition) is 4. The van der Waals surface area contributed by atoms with Crippen LogP contribution in [0.25, 0.3) is 0 Å². The average molecular weight is 187 g/mol. The Hall–Kier alpha value is -0.160. The summed E-state index contributed by atoms with van der Waals surface area (Å²) in [5.41, 5.74) is 8.83. The molecule has 0 aromatic rings. The highest BCUT2D eigenvalue weighted by molar-refractivity contribution is 4.86. The van der Waals surface area contributed by atoms with Crippen molar-refractivity contribution in [2.24, 2.45) is 11.6 Å². The molecule has 4 nitrogen and oxygen atoms in total. The predicted molar refractivity (Wildman–Crippen MR) is 53.0 cm³/mol. The van der Waals surface area contributed by atoms with Crippen molar-refractivity contribution in [3.63, 3.8) is 0 Å². The zero-order valence-electron chi connectivity index (χ0n) is 8.33. The fourth-order valence-corrected chi connectivity index (χ4v) is 2.00. The third-order valence-electron chi connectivity index (χ3n) is 2.91. The number of hydrazine groups is 1. The van der Waals surface area contributed by atoms with Gasteiger partial charge in [-0.25, -0.2) is 0 Å². The van der Waals surface area contributed by atoms with Crippen LogP contribution in [0.5, 0.6) is 0 Å². The summed E-state index contributed by atoms with van der Waals surface area (Å²) in [5.74, 6) is 5.45.